The molecule has 1 aliphatic heterocycles. The van der Waals surface area contributed by atoms with E-state index >= 15 is 0 Å². The van der Waals surface area contributed by atoms with Crippen molar-refractivity contribution in [2.75, 3.05) is 32.7 Å². The molecule has 21 heavy (non-hydrogen) atoms. The van der Waals surface area contributed by atoms with Crippen molar-refractivity contribution < 1.29 is 4.52 Å². The number of rotatable bonds is 7. The Kier molecular flexibility index (Phi) is 6.21. The molecule has 1 fully saturated rings. The van der Waals surface area contributed by atoms with Crippen LogP contribution in [0, 0.1) is 12.3 Å². The fraction of sp³-hybridized carbons (Fsp3) is 0.750. The summed E-state index contributed by atoms with van der Waals surface area (Å²) < 4.78 is 5.43. The van der Waals surface area contributed by atoms with Gasteiger partial charge in [0.15, 0.2) is 5.82 Å². The van der Waals surface area contributed by atoms with E-state index in [0.29, 0.717) is 0 Å². The molecule has 0 unspecified atom stereocenters. The molecule has 1 saturated heterocycles. The molecule has 0 saturated carbocycles. The van der Waals surface area contributed by atoms with Gasteiger partial charge in [0.2, 0.25) is 5.89 Å². The zero-order valence-corrected chi connectivity index (χ0v) is 13.2. The number of aromatic nitrogens is 2. The molecule has 2 heterocycles. The third-order valence-electron chi connectivity index (χ3n) is 4.12. The van der Waals surface area contributed by atoms with Gasteiger partial charge in [0.05, 0.1) is 6.04 Å². The topological polar surface area (TPSA) is 45.4 Å². The SMILES string of the molecule is C#CCCN1CCN([C@@H](C)c2nc(CCCC)no2)CC1. The second-order valence-electron chi connectivity index (χ2n) is 5.66. The number of hydrogen-bond donors (Lipinski definition) is 0. The second-order valence-corrected chi connectivity index (χ2v) is 5.66. The van der Waals surface area contributed by atoms with E-state index in [1.54, 1.807) is 0 Å². The third-order valence-corrected chi connectivity index (χ3v) is 4.12. The maximum atomic E-state index is 5.43. The molecule has 0 aromatic carbocycles. The van der Waals surface area contributed by atoms with E-state index < -0.39 is 0 Å². The summed E-state index contributed by atoms with van der Waals surface area (Å²) in [7, 11) is 0. The number of terminal acetylenes is 1. The lowest BCUT2D eigenvalue weighted by atomic mass is 10.2. The lowest BCUT2D eigenvalue weighted by Crippen LogP contribution is -2.47. The Hall–Kier alpha value is -1.38. The van der Waals surface area contributed by atoms with Crippen LogP contribution >= 0.6 is 0 Å². The van der Waals surface area contributed by atoms with Crippen LogP contribution in [-0.2, 0) is 6.42 Å². The predicted octanol–water partition coefficient (Wildman–Crippen LogP) is 2.11. The van der Waals surface area contributed by atoms with Crippen molar-refractivity contribution in [1.82, 2.24) is 19.9 Å². The summed E-state index contributed by atoms with van der Waals surface area (Å²) in [5.41, 5.74) is 0. The Bertz CT molecular complexity index is 457. The monoisotopic (exact) mass is 290 g/mol. The van der Waals surface area contributed by atoms with Crippen LogP contribution in [0.3, 0.4) is 0 Å². The molecule has 0 bridgehead atoms. The van der Waals surface area contributed by atoms with Crippen LogP contribution in [0.1, 0.15) is 50.9 Å². The number of aryl methyl sites for hydroxylation is 1. The molecular weight excluding hydrogens is 264 g/mol. The average Bonchev–Trinajstić information content (AvgIpc) is 2.99. The molecule has 5 nitrogen and oxygen atoms in total. The average molecular weight is 290 g/mol. The Morgan fingerprint density at radius 3 is 2.76 bits per heavy atom. The van der Waals surface area contributed by atoms with Gasteiger partial charge in [0.1, 0.15) is 0 Å². The molecule has 0 radical (unpaired) electrons. The van der Waals surface area contributed by atoms with Gasteiger partial charge >= 0.3 is 0 Å². The molecule has 1 aliphatic rings. The Balaban J connectivity index is 1.82. The Morgan fingerprint density at radius 1 is 1.33 bits per heavy atom. The zero-order chi connectivity index (χ0) is 15.1. The van der Waals surface area contributed by atoms with Gasteiger partial charge in [-0.2, -0.15) is 4.98 Å². The first-order valence-electron chi connectivity index (χ1n) is 7.97. The van der Waals surface area contributed by atoms with E-state index in [4.69, 9.17) is 10.9 Å². The molecular formula is C16H26N4O. The highest BCUT2D eigenvalue weighted by molar-refractivity contribution is 4.94. The van der Waals surface area contributed by atoms with Gasteiger partial charge in [-0.05, 0) is 13.3 Å². The van der Waals surface area contributed by atoms with Crippen LogP contribution in [0.15, 0.2) is 4.52 Å². The van der Waals surface area contributed by atoms with E-state index in [1.165, 1.54) is 0 Å². The standard InChI is InChI=1S/C16H26N4O/c1-4-6-8-15-17-16(21-18-15)14(3)20-12-10-19(11-13-20)9-7-5-2/h2,14H,4,6-13H2,1,3H3/t14-/m0/s1. The zero-order valence-electron chi connectivity index (χ0n) is 13.2. The first-order valence-corrected chi connectivity index (χ1v) is 7.97. The first-order chi connectivity index (χ1) is 10.2. The number of hydrogen-bond acceptors (Lipinski definition) is 5. The van der Waals surface area contributed by atoms with Crippen LogP contribution in [0.5, 0.6) is 0 Å². The molecule has 116 valence electrons. The smallest absolute Gasteiger partial charge is 0.243 e. The quantitative estimate of drug-likeness (QED) is 0.720. The minimum absolute atomic E-state index is 0.197. The number of unbranched alkanes of at least 4 members (excludes halogenated alkanes) is 1. The summed E-state index contributed by atoms with van der Waals surface area (Å²) in [4.78, 5) is 9.36. The van der Waals surface area contributed by atoms with Crippen LogP contribution < -0.4 is 0 Å². The predicted molar refractivity (Wildman–Crippen MR) is 82.8 cm³/mol. The van der Waals surface area contributed by atoms with E-state index in [2.05, 4.69) is 39.7 Å². The Morgan fingerprint density at radius 2 is 2.10 bits per heavy atom. The molecule has 1 aromatic heterocycles. The summed E-state index contributed by atoms with van der Waals surface area (Å²) in [6, 6.07) is 0.197. The van der Waals surface area contributed by atoms with E-state index in [1.807, 2.05) is 0 Å². The molecule has 0 N–H and O–H groups in total. The van der Waals surface area contributed by atoms with E-state index in [0.717, 1.165) is 70.1 Å². The number of piperazine rings is 1. The van der Waals surface area contributed by atoms with Crippen molar-refractivity contribution in [1.29, 1.82) is 0 Å². The van der Waals surface area contributed by atoms with Crippen LogP contribution in [0.25, 0.3) is 0 Å². The highest BCUT2D eigenvalue weighted by Crippen LogP contribution is 2.20. The van der Waals surface area contributed by atoms with Crippen molar-refractivity contribution in [3.8, 4) is 12.3 Å². The van der Waals surface area contributed by atoms with Crippen molar-refractivity contribution in [3.05, 3.63) is 11.7 Å². The maximum absolute atomic E-state index is 5.43. The number of nitrogens with zero attached hydrogens (tertiary/aromatic N) is 4. The van der Waals surface area contributed by atoms with Crippen molar-refractivity contribution in [2.24, 2.45) is 0 Å². The van der Waals surface area contributed by atoms with Gasteiger partial charge < -0.3 is 4.52 Å². The summed E-state index contributed by atoms with van der Waals surface area (Å²) in [5.74, 6) is 4.29. The normalized spacial score (nSPS) is 18.5. The molecule has 1 atom stereocenters. The van der Waals surface area contributed by atoms with Gasteiger partial charge in [0, 0.05) is 45.6 Å². The summed E-state index contributed by atoms with van der Waals surface area (Å²) in [6.07, 6.45) is 9.33. The first kappa shape index (κ1) is 16.0. The largest absolute Gasteiger partial charge is 0.338 e. The van der Waals surface area contributed by atoms with Crippen molar-refractivity contribution in [3.63, 3.8) is 0 Å². The molecule has 0 spiro atoms. The van der Waals surface area contributed by atoms with Crippen LogP contribution in [-0.4, -0.2) is 52.7 Å². The van der Waals surface area contributed by atoms with Gasteiger partial charge in [-0.1, -0.05) is 18.5 Å². The van der Waals surface area contributed by atoms with Gasteiger partial charge in [-0.15, -0.1) is 12.3 Å². The van der Waals surface area contributed by atoms with E-state index in [-0.39, 0.29) is 6.04 Å². The van der Waals surface area contributed by atoms with Gasteiger partial charge in [0.25, 0.3) is 0 Å². The Labute approximate surface area is 127 Å². The molecule has 5 heteroatoms. The highest BCUT2D eigenvalue weighted by atomic mass is 16.5. The minimum Gasteiger partial charge on any atom is -0.338 e. The molecule has 2 rings (SSSR count). The highest BCUT2D eigenvalue weighted by Gasteiger charge is 2.25. The van der Waals surface area contributed by atoms with Crippen LogP contribution in [0.4, 0.5) is 0 Å². The van der Waals surface area contributed by atoms with Gasteiger partial charge in [-0.3, -0.25) is 9.80 Å². The van der Waals surface area contributed by atoms with Gasteiger partial charge in [-0.25, -0.2) is 0 Å². The molecule has 0 aliphatic carbocycles. The second kappa shape index (κ2) is 8.16. The third kappa shape index (κ3) is 4.55. The van der Waals surface area contributed by atoms with Crippen molar-refractivity contribution >= 4 is 0 Å². The lowest BCUT2D eigenvalue weighted by molar-refractivity contribution is 0.0896. The molecule has 0 amide bonds. The van der Waals surface area contributed by atoms with Crippen molar-refractivity contribution in [2.45, 2.75) is 45.6 Å². The summed E-state index contributed by atoms with van der Waals surface area (Å²) in [5, 5.41) is 4.08. The summed E-state index contributed by atoms with van der Waals surface area (Å²) >= 11 is 0. The minimum atomic E-state index is 0.197. The van der Waals surface area contributed by atoms with E-state index in [9.17, 15) is 0 Å². The van der Waals surface area contributed by atoms with Crippen LogP contribution in [0.2, 0.25) is 0 Å². The lowest BCUT2D eigenvalue weighted by Gasteiger charge is -2.36. The maximum Gasteiger partial charge on any atom is 0.243 e. The molecule has 1 aromatic rings. The summed E-state index contributed by atoms with van der Waals surface area (Å²) in [6.45, 7) is 9.49. The fourth-order valence-electron chi connectivity index (χ4n) is 2.63. The fourth-order valence-corrected chi connectivity index (χ4v) is 2.63.